The van der Waals surface area contributed by atoms with Gasteiger partial charge in [-0.15, -0.1) is 0 Å². The van der Waals surface area contributed by atoms with E-state index in [1.54, 1.807) is 51.6 Å². The van der Waals surface area contributed by atoms with Gasteiger partial charge in [0.2, 0.25) is 11.1 Å². The van der Waals surface area contributed by atoms with Gasteiger partial charge in [0.15, 0.2) is 0 Å². The van der Waals surface area contributed by atoms with Crippen LogP contribution in [-0.2, 0) is 4.79 Å². The van der Waals surface area contributed by atoms with Crippen molar-refractivity contribution in [2.24, 2.45) is 5.92 Å². The van der Waals surface area contributed by atoms with Gasteiger partial charge in [0.05, 0.1) is 77.8 Å². The van der Waals surface area contributed by atoms with Gasteiger partial charge in [-0.3, -0.25) is 14.4 Å². The van der Waals surface area contributed by atoms with Crippen LogP contribution < -0.4 is 63.4 Å². The number of halogens is 4. The highest BCUT2D eigenvalue weighted by atomic mass is 79.9. The van der Waals surface area contributed by atoms with Gasteiger partial charge in [0, 0.05) is 112 Å². The van der Waals surface area contributed by atoms with Crippen molar-refractivity contribution in [3.8, 4) is 11.5 Å². The predicted molar refractivity (Wildman–Crippen MR) is 482 cm³/mol. The molecule has 636 valence electrons. The zero-order valence-electron chi connectivity index (χ0n) is 67.7. The van der Waals surface area contributed by atoms with Gasteiger partial charge in [0.25, 0.3) is 11.1 Å². The van der Waals surface area contributed by atoms with E-state index in [1.807, 2.05) is 67.5 Å². The lowest BCUT2D eigenvalue weighted by molar-refractivity contribution is -0.112. The van der Waals surface area contributed by atoms with Crippen LogP contribution in [0.15, 0.2) is 172 Å². The van der Waals surface area contributed by atoms with Crippen molar-refractivity contribution < 1.29 is 49.4 Å². The topological polar surface area (TPSA) is 420 Å². The first-order valence-corrected chi connectivity index (χ1v) is 42.6. The SMILES string of the molecule is CN(CCO)c1ccc2c(=O)[nH]c(C3CC3)nc2c1.CNCCO.COc1ccccc1C1CCN(c2nc(C3CC3)nc3cc(N(C)CCO)ccc23)CC1.COc1ccccc1C1CCNCC1.N.Nc1cc(Br)ccc1C(=O)O.O.O=C(Cl)C1CC1.O=c1[nH]c(C2CC2)nc2cc(Br)ccc12.O=c1oc(C2CC2)nc2cc(Br)ccc12. The van der Waals surface area contributed by atoms with E-state index < -0.39 is 5.97 Å². The van der Waals surface area contributed by atoms with E-state index in [0.29, 0.717) is 82.7 Å². The first kappa shape index (κ1) is 93.6. The number of piperidine rings is 2. The molecule has 5 saturated carbocycles. The van der Waals surface area contributed by atoms with Crippen molar-refractivity contribution in [2.45, 2.75) is 125 Å². The Hall–Kier alpha value is -9.31. The second-order valence-corrected chi connectivity index (χ2v) is 33.1. The maximum atomic E-state index is 12.0. The summed E-state index contributed by atoms with van der Waals surface area (Å²) in [6.07, 6.45) is 15.7. The number of hydrogen-bond donors (Lipinski definition) is 10. The number of carboxylic acid groups (broad SMARTS) is 1. The molecule has 0 bridgehead atoms. The molecule has 2 aliphatic heterocycles. The summed E-state index contributed by atoms with van der Waals surface area (Å²) in [7, 11) is 9.22. The van der Waals surface area contributed by atoms with Crippen molar-refractivity contribution in [1.82, 2.24) is 51.7 Å². The lowest BCUT2D eigenvalue weighted by Gasteiger charge is -2.34. The molecule has 119 heavy (non-hydrogen) atoms. The monoisotopic (exact) mass is 1840 g/mol. The number of aromatic nitrogens is 7. The largest absolute Gasteiger partial charge is 0.496 e. The number of hydrogen-bond acceptors (Lipinski definition) is 23. The summed E-state index contributed by atoms with van der Waals surface area (Å²) in [6.45, 7) is 6.54. The lowest BCUT2D eigenvalue weighted by atomic mass is 9.88. The zero-order valence-corrected chi connectivity index (χ0v) is 73.2. The van der Waals surface area contributed by atoms with Gasteiger partial charge in [-0.25, -0.2) is 34.5 Å². The number of rotatable bonds is 19. The highest BCUT2D eigenvalue weighted by Crippen LogP contribution is 2.44. The Morgan fingerprint density at radius 1 is 0.555 bits per heavy atom. The molecule has 7 aromatic carbocycles. The minimum atomic E-state index is -1.00. The molecule has 0 amide bonds. The molecule has 7 fully saturated rings. The number of H-pyrrole nitrogens is 2. The number of nitrogens with two attached hydrogens (primary N) is 1. The number of likely N-dealkylation sites (N-methyl/N-ethyl adjacent to an activating group) is 3. The van der Waals surface area contributed by atoms with E-state index in [1.165, 1.54) is 42.9 Å². The molecule has 31 heteroatoms. The average molecular weight is 1850 g/mol. The van der Waals surface area contributed by atoms with E-state index >= 15 is 0 Å². The maximum Gasteiger partial charge on any atom is 0.346 e. The van der Waals surface area contributed by atoms with E-state index in [-0.39, 0.29) is 70.6 Å². The molecule has 0 atom stereocenters. The minimum absolute atomic E-state index is 0. The van der Waals surface area contributed by atoms with Crippen LogP contribution >= 0.6 is 59.4 Å². The Labute approximate surface area is 721 Å². The van der Waals surface area contributed by atoms with E-state index in [9.17, 15) is 29.1 Å². The number of nitrogen functional groups attached to an aromatic ring is 1. The van der Waals surface area contributed by atoms with Crippen LogP contribution in [0.25, 0.3) is 43.6 Å². The van der Waals surface area contributed by atoms with Gasteiger partial charge in [-0.2, -0.15) is 0 Å². The highest BCUT2D eigenvalue weighted by molar-refractivity contribution is 9.11. The number of anilines is 4. The molecule has 18 rings (SSSR count). The number of para-hydroxylation sites is 2. The minimum Gasteiger partial charge on any atom is -0.496 e. The van der Waals surface area contributed by atoms with Crippen LogP contribution in [0, 0.1) is 5.92 Å². The second kappa shape index (κ2) is 45.4. The van der Waals surface area contributed by atoms with Crippen molar-refractivity contribution in [3.63, 3.8) is 0 Å². The standard InChI is InChI=1S/C26H32N4O2.C14H17N3O2.C12H17NO.C11H9BrN2O.C11H8BrNO2.C7H6BrNO2.C4H5ClO.C3H9NO.H3N.H2O/c1-29(15-16-31)20-9-10-22-23(17-20)27-25(19-7-8-19)28-26(22)30-13-11-18(12-14-30)21-5-3-4-6-24(21)32-2;1-17(6-7-18)10-4-5-11-12(8-10)15-13(9-2-3-9)16-14(11)19;1-14-12-5-3-2-4-11(12)10-6-8-13-9-7-10;12-7-3-4-8-9(5-7)13-10(6-1-2-6)14-11(8)15;12-7-3-4-8-9(5-7)13-10(6-1-2-6)15-11(8)14;8-4-1-2-5(7(10)11)6(9)3-4;5-4(6)3-1-2-3;1-4-2-3-5;;/h3-6,9-10,17-19,31H,7-8,11-16H2,1-2H3;4-5,8-9,18H,2-3,6-7H2,1H3,(H,15,16,19);2-5,10,13H,6-9H2,1H3;3-6H,1-2H2,(H,13,14,15);3-6H,1-2H2;1-3H,9H2,(H,10,11);3H,1-2H2;4-5H,2-3H2,1H3;1H3;1H2. The van der Waals surface area contributed by atoms with E-state index in [4.69, 9.17) is 56.5 Å². The number of aromatic carboxylic acids is 1. The summed E-state index contributed by atoms with van der Waals surface area (Å²) in [5, 5.41) is 43.8. The summed E-state index contributed by atoms with van der Waals surface area (Å²) in [5.41, 5.74) is 13.4. The second-order valence-electron chi connectivity index (χ2n) is 30.0. The van der Waals surface area contributed by atoms with Crippen LogP contribution in [0.2, 0.25) is 0 Å². The Balaban J connectivity index is 0.000000163. The molecule has 15 N–H and O–H groups in total. The third-order valence-electron chi connectivity index (χ3n) is 21.0. The Bertz CT molecular complexity index is 5270. The van der Waals surface area contributed by atoms with Crippen molar-refractivity contribution in [2.75, 3.05) is 121 Å². The number of carbonyl (C=O) groups excluding carboxylic acids is 1. The number of benzene rings is 7. The first-order chi connectivity index (χ1) is 56.6. The van der Waals surface area contributed by atoms with Crippen molar-refractivity contribution in [1.29, 1.82) is 0 Å². The van der Waals surface area contributed by atoms with Crippen molar-refractivity contribution >= 4 is 137 Å². The summed E-state index contributed by atoms with van der Waals surface area (Å²) in [4.78, 5) is 91.3. The molecule has 5 aliphatic carbocycles. The molecule has 6 heterocycles. The number of methoxy groups -OCH3 is 2. The summed E-state index contributed by atoms with van der Waals surface area (Å²) >= 11 is 15.0. The van der Waals surface area contributed by atoms with Crippen LogP contribution in [0.1, 0.15) is 170 Å². The quantitative estimate of drug-likeness (QED) is 0.0265. The van der Waals surface area contributed by atoms with Crippen LogP contribution in [0.4, 0.5) is 22.9 Å². The number of aliphatic hydroxyl groups is 3. The van der Waals surface area contributed by atoms with E-state index in [2.05, 4.69) is 148 Å². The zero-order chi connectivity index (χ0) is 83.2. The third-order valence-corrected chi connectivity index (χ3v) is 22.8. The normalized spacial score (nSPS) is 15.3. The molecule has 0 radical (unpaired) electrons. The summed E-state index contributed by atoms with van der Waals surface area (Å²) < 4.78 is 18.8. The molecule has 0 spiro atoms. The number of ether oxygens (including phenoxy) is 2. The Morgan fingerprint density at radius 2 is 1.01 bits per heavy atom. The van der Waals surface area contributed by atoms with Gasteiger partial charge >= 0.3 is 11.6 Å². The number of carbonyl (C=O) groups is 2. The predicted octanol–water partition coefficient (Wildman–Crippen LogP) is 14.5. The Morgan fingerprint density at radius 3 is 1.45 bits per heavy atom. The third kappa shape index (κ3) is 26.8. The number of fused-ring (bicyclic) bond motifs is 4. The molecular weight excluding hydrogens is 1740 g/mol. The number of aromatic amines is 2. The molecule has 27 nitrogen and oxygen atoms in total. The smallest absolute Gasteiger partial charge is 0.346 e. The molecule has 4 aromatic heterocycles. The fourth-order valence-corrected chi connectivity index (χ4v) is 14.8. The molecule has 7 aliphatic rings. The van der Waals surface area contributed by atoms with Crippen LogP contribution in [-0.4, -0.2) is 173 Å². The van der Waals surface area contributed by atoms with Gasteiger partial charge in [0.1, 0.15) is 34.8 Å². The van der Waals surface area contributed by atoms with Crippen LogP contribution in [0.3, 0.4) is 0 Å². The molecular formula is C88H108Br3ClN14O13. The fourth-order valence-electron chi connectivity index (χ4n) is 13.6. The molecule has 2 saturated heterocycles. The number of nitrogens with zero attached hydrogens (tertiary/aromatic N) is 8. The number of carboxylic acids is 1. The lowest BCUT2D eigenvalue weighted by Crippen LogP contribution is -2.34. The van der Waals surface area contributed by atoms with Gasteiger partial charge in [-0.1, -0.05) is 84.2 Å². The summed E-state index contributed by atoms with van der Waals surface area (Å²) in [5.74, 6) is 8.50. The number of aliphatic hydroxyl groups excluding tert-OH is 3. The van der Waals surface area contributed by atoms with Gasteiger partial charge < -0.3 is 87.0 Å². The average Bonchev–Trinajstić information content (AvgIpc) is 1.58. The van der Waals surface area contributed by atoms with E-state index in [0.717, 1.165) is 172 Å². The highest BCUT2D eigenvalue weighted by Gasteiger charge is 2.33. The first-order valence-electron chi connectivity index (χ1n) is 39.8. The maximum absolute atomic E-state index is 12.0. The van der Waals surface area contributed by atoms with Crippen LogP contribution in [0.5, 0.6) is 11.5 Å². The Kier molecular flexibility index (Phi) is 35.7. The fraction of sp³-hybridized carbons (Fsp3) is 0.409. The molecule has 11 aromatic rings. The molecule has 0 unspecified atom stereocenters. The number of nitrogens with one attached hydrogen (secondary N) is 4. The van der Waals surface area contributed by atoms with Gasteiger partial charge in [-0.05, 0) is 248 Å². The summed E-state index contributed by atoms with van der Waals surface area (Å²) in [6, 6.07) is 44.4. The van der Waals surface area contributed by atoms with Crippen molar-refractivity contribution in [3.05, 3.63) is 224 Å².